The van der Waals surface area contributed by atoms with Crippen LogP contribution in [0, 0.1) is 0 Å². The molecule has 0 spiro atoms. The van der Waals surface area contributed by atoms with Gasteiger partial charge in [-0.25, -0.2) is 9.97 Å². The molecule has 0 saturated heterocycles. The van der Waals surface area contributed by atoms with Gasteiger partial charge in [0.05, 0.1) is 38.6 Å². The maximum absolute atomic E-state index is 5.57. The fourth-order valence-electron chi connectivity index (χ4n) is 8.80. The molecule has 0 aliphatic heterocycles. The van der Waals surface area contributed by atoms with Gasteiger partial charge < -0.3 is 4.40 Å². The summed E-state index contributed by atoms with van der Waals surface area (Å²) in [4.78, 5) is 11.1. The summed E-state index contributed by atoms with van der Waals surface area (Å²) >= 11 is 0. The van der Waals surface area contributed by atoms with Gasteiger partial charge in [-0.05, 0) is 58.3 Å². The van der Waals surface area contributed by atoms with Gasteiger partial charge in [-0.1, -0.05) is 133 Å². The number of nitrogens with zero attached hydrogens (tertiary/aromatic N) is 4. The Labute approximate surface area is 297 Å². The van der Waals surface area contributed by atoms with E-state index >= 15 is 0 Å². The molecule has 0 aliphatic rings. The number of hydrogen-bond donors (Lipinski definition) is 0. The lowest BCUT2D eigenvalue weighted by atomic mass is 10.00. The van der Waals surface area contributed by atoms with Crippen LogP contribution in [0.4, 0.5) is 0 Å². The van der Waals surface area contributed by atoms with Crippen LogP contribution in [0.5, 0.6) is 0 Å². The first-order valence-electron chi connectivity index (χ1n) is 17.8. The predicted octanol–water partition coefficient (Wildman–Crippen LogP) is 12.4. The number of aromatic nitrogens is 4. The minimum absolute atomic E-state index is 0.822. The highest BCUT2D eigenvalue weighted by Gasteiger charge is 2.24. The van der Waals surface area contributed by atoms with Crippen LogP contribution in [0.3, 0.4) is 0 Å². The summed E-state index contributed by atoms with van der Waals surface area (Å²) in [6.07, 6.45) is 0. The third kappa shape index (κ3) is 3.65. The normalized spacial score (nSPS) is 12.2. The van der Waals surface area contributed by atoms with Crippen LogP contribution in [0.1, 0.15) is 0 Å². The highest BCUT2D eigenvalue weighted by atomic mass is 15.1. The first-order chi connectivity index (χ1) is 25.8. The van der Waals surface area contributed by atoms with E-state index in [0.29, 0.717) is 0 Å². The third-order valence-corrected chi connectivity index (χ3v) is 11.0. The van der Waals surface area contributed by atoms with E-state index in [1.165, 1.54) is 54.4 Å². The summed E-state index contributed by atoms with van der Waals surface area (Å²) in [5, 5.41) is 9.70. The van der Waals surface area contributed by atoms with E-state index in [1.807, 2.05) is 0 Å². The summed E-state index contributed by atoms with van der Waals surface area (Å²) in [5.41, 5.74) is 11.9. The van der Waals surface area contributed by atoms with Crippen molar-refractivity contribution >= 4 is 81.7 Å². The zero-order valence-corrected chi connectivity index (χ0v) is 28.0. The van der Waals surface area contributed by atoms with Gasteiger partial charge in [-0.3, -0.25) is 4.57 Å². The summed E-state index contributed by atoms with van der Waals surface area (Å²) in [6, 6.07) is 61.0. The molecule has 4 heteroatoms. The molecule has 52 heavy (non-hydrogen) atoms. The van der Waals surface area contributed by atoms with Crippen LogP contribution in [0.2, 0.25) is 0 Å². The van der Waals surface area contributed by atoms with Gasteiger partial charge in [0, 0.05) is 37.9 Å². The Hall–Kier alpha value is -7.04. The fraction of sp³-hybridized carbons (Fsp3) is 0. The molecule has 0 saturated carbocycles. The standard InChI is InChI=1S/C48H28N4/c1-3-12-29(13-4-1)32-25-24-30-26-27-38-46(37(30)28-32)50-45(31-14-5-2-6-15-31)48(49-38)52-40-21-10-17-34-36-19-9-18-35-33-16-7-8-20-39(33)51(47(35)36)41-22-11-23-42(52)44(41)43(34)40/h1-28H. The maximum atomic E-state index is 5.57. The molecule has 0 aliphatic carbocycles. The minimum Gasteiger partial charge on any atom is -0.308 e. The molecule has 4 heterocycles. The second-order valence-corrected chi connectivity index (χ2v) is 13.8. The Kier molecular flexibility index (Phi) is 5.47. The lowest BCUT2D eigenvalue weighted by Crippen LogP contribution is -2.04. The van der Waals surface area contributed by atoms with Crippen LogP contribution in [-0.2, 0) is 0 Å². The number of benzene rings is 8. The minimum atomic E-state index is 0.822. The van der Waals surface area contributed by atoms with Gasteiger partial charge in [0.1, 0.15) is 5.69 Å². The van der Waals surface area contributed by atoms with Crippen LogP contribution in [-0.4, -0.2) is 18.9 Å². The molecular weight excluding hydrogens is 633 g/mol. The van der Waals surface area contributed by atoms with Crippen LogP contribution in [0.15, 0.2) is 170 Å². The van der Waals surface area contributed by atoms with Gasteiger partial charge in [0.25, 0.3) is 0 Å². The molecule has 0 amide bonds. The zero-order valence-electron chi connectivity index (χ0n) is 28.0. The third-order valence-electron chi connectivity index (χ3n) is 11.0. The molecule has 0 atom stereocenters. The lowest BCUT2D eigenvalue weighted by Gasteiger charge is -2.15. The predicted molar refractivity (Wildman–Crippen MR) is 217 cm³/mol. The van der Waals surface area contributed by atoms with Crippen molar-refractivity contribution in [3.8, 4) is 28.2 Å². The average Bonchev–Trinajstić information content (AvgIpc) is 3.69. The largest absolute Gasteiger partial charge is 0.308 e. The van der Waals surface area contributed by atoms with Gasteiger partial charge in [-0.15, -0.1) is 0 Å². The van der Waals surface area contributed by atoms with E-state index < -0.39 is 0 Å². The van der Waals surface area contributed by atoms with E-state index in [2.05, 4.69) is 179 Å². The molecule has 12 aromatic rings. The molecule has 0 radical (unpaired) electrons. The molecule has 0 unspecified atom stereocenters. The molecule has 0 N–H and O–H groups in total. The topological polar surface area (TPSA) is 35.1 Å². The number of fused-ring (bicyclic) bond motifs is 8. The Morgan fingerprint density at radius 3 is 1.85 bits per heavy atom. The van der Waals surface area contributed by atoms with Crippen LogP contribution < -0.4 is 0 Å². The zero-order chi connectivity index (χ0) is 33.9. The van der Waals surface area contributed by atoms with E-state index in [9.17, 15) is 0 Å². The Morgan fingerprint density at radius 2 is 1.00 bits per heavy atom. The molecule has 8 aromatic carbocycles. The van der Waals surface area contributed by atoms with Gasteiger partial charge in [0.2, 0.25) is 0 Å². The van der Waals surface area contributed by atoms with Crippen LogP contribution >= 0.6 is 0 Å². The molecule has 240 valence electrons. The van der Waals surface area contributed by atoms with Gasteiger partial charge in [-0.2, -0.15) is 0 Å². The van der Waals surface area contributed by atoms with E-state index in [1.54, 1.807) is 0 Å². The summed E-state index contributed by atoms with van der Waals surface area (Å²) in [5.74, 6) is 0.822. The monoisotopic (exact) mass is 660 g/mol. The lowest BCUT2D eigenvalue weighted by molar-refractivity contribution is 1.08. The molecule has 0 fully saturated rings. The van der Waals surface area contributed by atoms with E-state index in [-0.39, 0.29) is 0 Å². The number of rotatable bonds is 3. The summed E-state index contributed by atoms with van der Waals surface area (Å²) in [6.45, 7) is 0. The Morgan fingerprint density at radius 1 is 0.385 bits per heavy atom. The number of para-hydroxylation sites is 2. The second kappa shape index (κ2) is 10.3. The first-order valence-corrected chi connectivity index (χ1v) is 17.8. The van der Waals surface area contributed by atoms with Crippen molar-refractivity contribution in [2.24, 2.45) is 0 Å². The van der Waals surface area contributed by atoms with E-state index in [0.717, 1.165) is 55.5 Å². The van der Waals surface area contributed by atoms with Crippen molar-refractivity contribution in [2.75, 3.05) is 0 Å². The van der Waals surface area contributed by atoms with Gasteiger partial charge in [0.15, 0.2) is 5.82 Å². The average molecular weight is 661 g/mol. The number of hydrogen-bond acceptors (Lipinski definition) is 2. The molecule has 12 rings (SSSR count). The molecule has 4 aromatic heterocycles. The van der Waals surface area contributed by atoms with Crippen LogP contribution in [0.25, 0.3) is 110 Å². The molecule has 4 nitrogen and oxygen atoms in total. The van der Waals surface area contributed by atoms with Crippen molar-refractivity contribution in [1.29, 1.82) is 0 Å². The summed E-state index contributed by atoms with van der Waals surface area (Å²) < 4.78 is 4.83. The summed E-state index contributed by atoms with van der Waals surface area (Å²) in [7, 11) is 0. The molecular formula is C48H28N4. The van der Waals surface area contributed by atoms with Crippen molar-refractivity contribution in [1.82, 2.24) is 18.9 Å². The van der Waals surface area contributed by atoms with Crippen molar-refractivity contribution in [2.45, 2.75) is 0 Å². The van der Waals surface area contributed by atoms with Crippen molar-refractivity contribution < 1.29 is 0 Å². The van der Waals surface area contributed by atoms with Gasteiger partial charge >= 0.3 is 0 Å². The smallest absolute Gasteiger partial charge is 0.165 e. The highest BCUT2D eigenvalue weighted by molar-refractivity contribution is 6.31. The maximum Gasteiger partial charge on any atom is 0.165 e. The Bertz CT molecular complexity index is 3390. The van der Waals surface area contributed by atoms with Crippen molar-refractivity contribution in [3.63, 3.8) is 0 Å². The quantitative estimate of drug-likeness (QED) is 0.177. The Balaban J connectivity index is 1.25. The SMILES string of the molecule is c1ccc(-c2ccc3ccc4nc(-n5c6cccc7c8cccc9c%10ccccc%10n(c%10cccc5c%10c76)c89)c(-c5ccccc5)nc4c3c2)cc1. The van der Waals surface area contributed by atoms with Crippen molar-refractivity contribution in [3.05, 3.63) is 170 Å². The molecule has 0 bridgehead atoms. The highest BCUT2D eigenvalue weighted by Crippen LogP contribution is 2.45. The second-order valence-electron chi connectivity index (χ2n) is 13.8. The first kappa shape index (κ1) is 27.7. The van der Waals surface area contributed by atoms with E-state index in [4.69, 9.17) is 9.97 Å². The fourth-order valence-corrected chi connectivity index (χ4v) is 8.80.